The minimum atomic E-state index is -0.495. The lowest BCUT2D eigenvalue weighted by molar-refractivity contribution is 0.0589. The van der Waals surface area contributed by atoms with Crippen molar-refractivity contribution in [3.05, 3.63) is 53.2 Å². The molecule has 0 saturated heterocycles. The molecule has 0 N–H and O–H groups in total. The molecule has 0 spiro atoms. The van der Waals surface area contributed by atoms with Crippen LogP contribution in [0.1, 0.15) is 34.3 Å². The minimum Gasteiger partial charge on any atom is -0.492 e. The van der Waals surface area contributed by atoms with Crippen molar-refractivity contribution in [2.75, 3.05) is 20.3 Å². The molecule has 1 aliphatic rings. The van der Waals surface area contributed by atoms with Gasteiger partial charge < -0.3 is 14.2 Å². The maximum atomic E-state index is 12.1. The fourth-order valence-electron chi connectivity index (χ4n) is 2.79. The Morgan fingerprint density at radius 1 is 1.08 bits per heavy atom. The molecule has 0 saturated carbocycles. The Balaban J connectivity index is 1.85. The van der Waals surface area contributed by atoms with Gasteiger partial charge in [-0.2, -0.15) is 0 Å². The van der Waals surface area contributed by atoms with Crippen molar-refractivity contribution < 1.29 is 19.0 Å². The number of carbonyl (C=O) groups excluding carboxylic acids is 1. The normalized spacial score (nSPS) is 14.7. The van der Waals surface area contributed by atoms with E-state index in [0.717, 1.165) is 25.7 Å². The van der Waals surface area contributed by atoms with Crippen molar-refractivity contribution in [2.45, 2.75) is 25.7 Å². The van der Waals surface area contributed by atoms with Gasteiger partial charge in [-0.05, 0) is 42.9 Å². The predicted octanol–water partition coefficient (Wildman–Crippen LogP) is 3.20. The second-order valence-corrected chi connectivity index (χ2v) is 5.70. The Bertz CT molecular complexity index is 669. The van der Waals surface area contributed by atoms with Gasteiger partial charge in [0.2, 0.25) is 5.88 Å². The van der Waals surface area contributed by atoms with Crippen LogP contribution in [0.3, 0.4) is 0 Å². The number of aryl methyl sites for hydroxylation is 2. The lowest BCUT2D eigenvalue weighted by Crippen LogP contribution is -2.12. The highest BCUT2D eigenvalue weighted by atomic mass is 16.5. The third-order valence-electron chi connectivity index (χ3n) is 3.97. The number of hydrogen-bond acceptors (Lipinski definition) is 5. The first kappa shape index (κ1) is 16.3. The van der Waals surface area contributed by atoms with Crippen LogP contribution in [0.2, 0.25) is 0 Å². The molecule has 0 radical (unpaired) electrons. The molecule has 4 bridgehead atoms. The van der Waals surface area contributed by atoms with E-state index in [1.165, 1.54) is 18.2 Å². The molecule has 5 heteroatoms. The van der Waals surface area contributed by atoms with Crippen LogP contribution < -0.4 is 9.47 Å². The number of pyridine rings is 1. The Morgan fingerprint density at radius 2 is 1.79 bits per heavy atom. The van der Waals surface area contributed by atoms with E-state index in [1.54, 1.807) is 12.3 Å². The predicted molar refractivity (Wildman–Crippen MR) is 89.7 cm³/mol. The first-order valence-corrected chi connectivity index (χ1v) is 8.18. The fourth-order valence-corrected chi connectivity index (χ4v) is 2.79. The van der Waals surface area contributed by atoms with Crippen LogP contribution >= 0.6 is 0 Å². The van der Waals surface area contributed by atoms with E-state index in [0.29, 0.717) is 19.0 Å². The van der Waals surface area contributed by atoms with E-state index in [-0.39, 0.29) is 11.4 Å². The summed E-state index contributed by atoms with van der Waals surface area (Å²) in [4.78, 5) is 16.3. The average molecular weight is 327 g/mol. The summed E-state index contributed by atoms with van der Waals surface area (Å²) in [6, 6.07) is 10.3. The molecule has 0 amide bonds. The molecule has 1 aromatic heterocycles. The number of carbonyl (C=O) groups is 1. The standard InChI is InChI=1S/C19H21NO4/c1-22-19(21)17-16-9-10-20-18(17)24-12-4-8-15-6-2-5-14(13-15)7-3-11-23-16/h2,5-6,9-10,13H,3-4,7-8,11-12H2,1H3. The van der Waals surface area contributed by atoms with Crippen molar-refractivity contribution in [1.82, 2.24) is 4.98 Å². The summed E-state index contributed by atoms with van der Waals surface area (Å²) >= 11 is 0. The number of rotatable bonds is 1. The fraction of sp³-hybridized carbons (Fsp3) is 0.368. The van der Waals surface area contributed by atoms with Crippen LogP contribution in [0.15, 0.2) is 36.5 Å². The number of fused-ring (bicyclic) bond motifs is 4. The topological polar surface area (TPSA) is 57.7 Å². The number of ether oxygens (including phenoxy) is 3. The van der Waals surface area contributed by atoms with Gasteiger partial charge in [0.15, 0.2) is 5.56 Å². The highest BCUT2D eigenvalue weighted by Gasteiger charge is 2.21. The summed E-state index contributed by atoms with van der Waals surface area (Å²) in [5.41, 5.74) is 2.86. The highest BCUT2D eigenvalue weighted by molar-refractivity contribution is 5.94. The number of aromatic nitrogens is 1. The van der Waals surface area contributed by atoms with Gasteiger partial charge >= 0.3 is 5.97 Å². The zero-order chi connectivity index (χ0) is 16.8. The molecule has 1 aromatic carbocycles. The number of esters is 1. The van der Waals surface area contributed by atoms with Gasteiger partial charge in [-0.1, -0.05) is 24.3 Å². The van der Waals surface area contributed by atoms with Crippen molar-refractivity contribution in [3.63, 3.8) is 0 Å². The smallest absolute Gasteiger partial charge is 0.347 e. The molecule has 0 fully saturated rings. The van der Waals surface area contributed by atoms with Crippen molar-refractivity contribution in [2.24, 2.45) is 0 Å². The van der Waals surface area contributed by atoms with Gasteiger partial charge in [-0.25, -0.2) is 9.78 Å². The van der Waals surface area contributed by atoms with E-state index in [1.807, 2.05) is 0 Å². The Morgan fingerprint density at radius 3 is 2.50 bits per heavy atom. The second-order valence-electron chi connectivity index (χ2n) is 5.70. The third kappa shape index (κ3) is 3.85. The van der Waals surface area contributed by atoms with Crippen LogP contribution in [0.25, 0.3) is 0 Å². The lowest BCUT2D eigenvalue weighted by Gasteiger charge is -2.15. The zero-order valence-electron chi connectivity index (χ0n) is 13.8. The minimum absolute atomic E-state index is 0.260. The van der Waals surface area contributed by atoms with Crippen molar-refractivity contribution >= 4 is 5.97 Å². The molecule has 0 atom stereocenters. The molecule has 2 heterocycles. The van der Waals surface area contributed by atoms with Gasteiger partial charge in [0.25, 0.3) is 0 Å². The number of methoxy groups -OCH3 is 1. The van der Waals surface area contributed by atoms with Gasteiger partial charge in [0.05, 0.1) is 20.3 Å². The third-order valence-corrected chi connectivity index (χ3v) is 3.97. The molecular formula is C19H21NO4. The van der Waals surface area contributed by atoms with E-state index in [2.05, 4.69) is 29.2 Å². The Labute approximate surface area is 141 Å². The van der Waals surface area contributed by atoms with Crippen LogP contribution in [-0.4, -0.2) is 31.3 Å². The van der Waals surface area contributed by atoms with Gasteiger partial charge in [0, 0.05) is 6.20 Å². The van der Waals surface area contributed by atoms with Crippen LogP contribution in [0.4, 0.5) is 0 Å². The monoisotopic (exact) mass is 327 g/mol. The summed E-state index contributed by atoms with van der Waals surface area (Å²) in [7, 11) is 1.34. The summed E-state index contributed by atoms with van der Waals surface area (Å²) < 4.78 is 16.4. The molecule has 2 aromatic rings. The first-order valence-electron chi connectivity index (χ1n) is 8.18. The Kier molecular flexibility index (Phi) is 5.31. The summed E-state index contributed by atoms with van der Waals surface area (Å²) in [5.74, 6) is 0.230. The van der Waals surface area contributed by atoms with E-state index in [4.69, 9.17) is 14.2 Å². The molecule has 0 unspecified atom stereocenters. The van der Waals surface area contributed by atoms with Gasteiger partial charge in [0.1, 0.15) is 5.75 Å². The first-order chi connectivity index (χ1) is 11.8. The molecular weight excluding hydrogens is 306 g/mol. The molecule has 24 heavy (non-hydrogen) atoms. The number of benzene rings is 1. The second kappa shape index (κ2) is 7.81. The van der Waals surface area contributed by atoms with E-state index in [9.17, 15) is 4.79 Å². The summed E-state index contributed by atoms with van der Waals surface area (Å²) in [5, 5.41) is 0. The maximum absolute atomic E-state index is 12.1. The summed E-state index contributed by atoms with van der Waals surface area (Å²) in [6.07, 6.45) is 5.17. The molecule has 3 rings (SSSR count). The maximum Gasteiger partial charge on any atom is 0.347 e. The summed E-state index contributed by atoms with van der Waals surface area (Å²) in [6.45, 7) is 0.988. The van der Waals surface area contributed by atoms with Crippen LogP contribution in [0.5, 0.6) is 11.6 Å². The van der Waals surface area contributed by atoms with Gasteiger partial charge in [-0.15, -0.1) is 0 Å². The average Bonchev–Trinajstić information content (AvgIpc) is 2.61. The molecule has 1 aliphatic heterocycles. The van der Waals surface area contributed by atoms with Gasteiger partial charge in [-0.3, -0.25) is 0 Å². The van der Waals surface area contributed by atoms with Crippen molar-refractivity contribution in [3.8, 4) is 11.6 Å². The Hall–Kier alpha value is -2.56. The zero-order valence-corrected chi connectivity index (χ0v) is 13.8. The SMILES string of the molecule is COC(=O)c1c2ccnc1OCCCc1cccc(c1)CCCO2. The molecule has 5 nitrogen and oxygen atoms in total. The molecule has 126 valence electrons. The lowest BCUT2D eigenvalue weighted by atomic mass is 10.0. The van der Waals surface area contributed by atoms with E-state index < -0.39 is 5.97 Å². The van der Waals surface area contributed by atoms with E-state index >= 15 is 0 Å². The quantitative estimate of drug-likeness (QED) is 0.753. The molecule has 0 aliphatic carbocycles. The number of hydrogen-bond donors (Lipinski definition) is 0. The largest absolute Gasteiger partial charge is 0.492 e. The van der Waals surface area contributed by atoms with Crippen molar-refractivity contribution in [1.29, 1.82) is 0 Å². The van der Waals surface area contributed by atoms with Crippen LogP contribution in [-0.2, 0) is 17.6 Å². The highest BCUT2D eigenvalue weighted by Crippen LogP contribution is 2.27. The number of nitrogens with zero attached hydrogens (tertiary/aromatic N) is 1. The van der Waals surface area contributed by atoms with Crippen LogP contribution in [0, 0.1) is 0 Å².